The summed E-state index contributed by atoms with van der Waals surface area (Å²) in [6, 6.07) is 5.50. The number of fused-ring (bicyclic) bond motifs is 1. The van der Waals surface area contributed by atoms with Gasteiger partial charge >= 0.3 is 11.9 Å². The topological polar surface area (TPSA) is 98.9 Å². The number of nitrogens with one attached hydrogen (secondary N) is 2. The highest BCUT2D eigenvalue weighted by atomic mass is 16.7. The molecule has 2 aromatic rings. The van der Waals surface area contributed by atoms with Gasteiger partial charge in [0.25, 0.3) is 0 Å². The predicted octanol–water partition coefficient (Wildman–Crippen LogP) is 4.05. The lowest BCUT2D eigenvalue weighted by Gasteiger charge is -2.19. The van der Waals surface area contributed by atoms with Crippen molar-refractivity contribution in [2.75, 3.05) is 18.7 Å². The lowest BCUT2D eigenvalue weighted by atomic mass is 10.1. The maximum atomic E-state index is 12.7. The first-order chi connectivity index (χ1) is 14.2. The van der Waals surface area contributed by atoms with E-state index in [1.54, 1.807) is 27.7 Å². The number of aromatic nitrogens is 1. The molecule has 0 amide bonds. The number of hydrogen-bond acceptors (Lipinski definition) is 7. The Morgan fingerprint density at radius 3 is 2.53 bits per heavy atom. The van der Waals surface area contributed by atoms with Crippen molar-refractivity contribution < 1.29 is 28.5 Å². The van der Waals surface area contributed by atoms with Gasteiger partial charge in [0.2, 0.25) is 6.79 Å². The van der Waals surface area contributed by atoms with Crippen LogP contribution in [0.25, 0.3) is 0 Å². The molecule has 0 saturated carbocycles. The largest absolute Gasteiger partial charge is 0.462 e. The molecule has 1 aromatic carbocycles. The molecule has 0 unspecified atom stereocenters. The molecular formula is C22H28N2O6. The molecule has 8 heteroatoms. The van der Waals surface area contributed by atoms with Crippen LogP contribution in [0.1, 0.15) is 66.7 Å². The zero-order chi connectivity index (χ0) is 21.9. The second-order valence-electron chi connectivity index (χ2n) is 7.83. The molecule has 8 nitrogen and oxygen atoms in total. The van der Waals surface area contributed by atoms with Crippen molar-refractivity contribution in [3.05, 3.63) is 40.7 Å². The average molecular weight is 416 g/mol. The number of esters is 2. The van der Waals surface area contributed by atoms with Gasteiger partial charge in [-0.3, -0.25) is 0 Å². The monoisotopic (exact) mass is 416 g/mol. The molecule has 2 N–H and O–H groups in total. The molecular weight excluding hydrogens is 388 g/mol. The van der Waals surface area contributed by atoms with E-state index in [0.717, 1.165) is 5.69 Å². The third-order valence-corrected chi connectivity index (χ3v) is 4.46. The summed E-state index contributed by atoms with van der Waals surface area (Å²) in [5.74, 6) is 0.371. The van der Waals surface area contributed by atoms with E-state index in [1.807, 2.05) is 25.1 Å². The number of rotatable bonds is 7. The molecule has 0 spiro atoms. The first-order valence-corrected chi connectivity index (χ1v) is 10.0. The standard InChI is InChI=1S/C22H28N2O6/c1-6-14-18(20(25)27-7-2)15(24-19(14)21(26)30-22(3,4)5)11-23-13-8-9-16-17(10-13)29-12-28-16/h8-10,23-24H,6-7,11-12H2,1-5H3. The van der Waals surface area contributed by atoms with Crippen LogP contribution in [-0.2, 0) is 22.4 Å². The molecule has 3 rings (SSSR count). The van der Waals surface area contributed by atoms with Gasteiger partial charge in [-0.05, 0) is 51.8 Å². The molecule has 1 aromatic heterocycles. The summed E-state index contributed by atoms with van der Waals surface area (Å²) in [5.41, 5.74) is 1.93. The van der Waals surface area contributed by atoms with Crippen molar-refractivity contribution >= 4 is 17.6 Å². The smallest absolute Gasteiger partial charge is 0.355 e. The lowest BCUT2D eigenvalue weighted by molar-refractivity contribution is 0.00622. The Morgan fingerprint density at radius 1 is 1.13 bits per heavy atom. The fourth-order valence-corrected chi connectivity index (χ4v) is 3.23. The Labute approximate surface area is 175 Å². The van der Waals surface area contributed by atoms with Gasteiger partial charge < -0.3 is 29.2 Å². The van der Waals surface area contributed by atoms with E-state index in [0.29, 0.717) is 34.7 Å². The minimum absolute atomic E-state index is 0.196. The second-order valence-corrected chi connectivity index (χ2v) is 7.83. The minimum atomic E-state index is -0.651. The van der Waals surface area contributed by atoms with Crippen molar-refractivity contribution in [2.24, 2.45) is 0 Å². The number of benzene rings is 1. The summed E-state index contributed by atoms with van der Waals surface area (Å²) in [4.78, 5) is 28.5. The molecule has 0 aliphatic carbocycles. The fraction of sp³-hybridized carbons (Fsp3) is 0.455. The van der Waals surface area contributed by atoms with Crippen LogP contribution < -0.4 is 14.8 Å². The Bertz CT molecular complexity index is 942. The van der Waals surface area contributed by atoms with E-state index in [9.17, 15) is 9.59 Å². The van der Waals surface area contributed by atoms with Gasteiger partial charge in [-0.2, -0.15) is 0 Å². The normalized spacial score (nSPS) is 12.6. The summed E-state index contributed by atoms with van der Waals surface area (Å²) in [7, 11) is 0. The zero-order valence-corrected chi connectivity index (χ0v) is 18.0. The van der Waals surface area contributed by atoms with Crippen LogP contribution in [0.2, 0.25) is 0 Å². The molecule has 0 radical (unpaired) electrons. The van der Waals surface area contributed by atoms with E-state index < -0.39 is 17.5 Å². The van der Waals surface area contributed by atoms with Gasteiger partial charge in [0.15, 0.2) is 11.5 Å². The summed E-state index contributed by atoms with van der Waals surface area (Å²) in [5, 5.41) is 3.25. The summed E-state index contributed by atoms with van der Waals surface area (Å²) < 4.78 is 21.5. The van der Waals surface area contributed by atoms with E-state index in [4.69, 9.17) is 18.9 Å². The molecule has 2 heterocycles. The number of carbonyl (C=O) groups is 2. The second kappa shape index (κ2) is 8.69. The highest BCUT2D eigenvalue weighted by Gasteiger charge is 2.29. The van der Waals surface area contributed by atoms with E-state index in [1.165, 1.54) is 0 Å². The Hall–Kier alpha value is -3.16. The maximum Gasteiger partial charge on any atom is 0.355 e. The fourth-order valence-electron chi connectivity index (χ4n) is 3.23. The SMILES string of the molecule is CCOC(=O)c1c(CNc2ccc3c(c2)OCO3)[nH]c(C(=O)OC(C)(C)C)c1CC. The van der Waals surface area contributed by atoms with Crippen molar-refractivity contribution in [1.29, 1.82) is 0 Å². The Kier molecular flexibility index (Phi) is 6.24. The lowest BCUT2D eigenvalue weighted by Crippen LogP contribution is -2.24. The van der Waals surface area contributed by atoms with Crippen LogP contribution in [0.4, 0.5) is 5.69 Å². The summed E-state index contributed by atoms with van der Waals surface area (Å²) in [6.45, 7) is 9.74. The van der Waals surface area contributed by atoms with Gasteiger partial charge in [0.05, 0.1) is 18.7 Å². The molecule has 0 fully saturated rings. The molecule has 0 atom stereocenters. The van der Waals surface area contributed by atoms with Crippen LogP contribution in [0.15, 0.2) is 18.2 Å². The van der Waals surface area contributed by atoms with Crippen molar-refractivity contribution in [3.8, 4) is 11.5 Å². The third kappa shape index (κ3) is 4.69. The molecule has 0 bridgehead atoms. The highest BCUT2D eigenvalue weighted by molar-refractivity contribution is 5.99. The first-order valence-electron chi connectivity index (χ1n) is 10.0. The van der Waals surface area contributed by atoms with Crippen LogP contribution >= 0.6 is 0 Å². The number of carbonyl (C=O) groups excluding carboxylic acids is 2. The van der Waals surface area contributed by atoms with Crippen molar-refractivity contribution in [2.45, 2.75) is 53.2 Å². The number of H-pyrrole nitrogens is 1. The van der Waals surface area contributed by atoms with Crippen LogP contribution in [0.3, 0.4) is 0 Å². The van der Waals surface area contributed by atoms with E-state index >= 15 is 0 Å². The molecule has 1 aliphatic heterocycles. The van der Waals surface area contributed by atoms with Crippen molar-refractivity contribution in [1.82, 2.24) is 4.98 Å². The third-order valence-electron chi connectivity index (χ3n) is 4.46. The zero-order valence-electron chi connectivity index (χ0n) is 18.0. The van der Waals surface area contributed by atoms with Crippen LogP contribution in [0, 0.1) is 0 Å². The predicted molar refractivity (Wildman–Crippen MR) is 111 cm³/mol. The molecule has 0 saturated heterocycles. The Morgan fingerprint density at radius 2 is 1.87 bits per heavy atom. The van der Waals surface area contributed by atoms with Crippen molar-refractivity contribution in [3.63, 3.8) is 0 Å². The van der Waals surface area contributed by atoms with Gasteiger partial charge in [-0.15, -0.1) is 0 Å². The molecule has 162 valence electrons. The van der Waals surface area contributed by atoms with Gasteiger partial charge in [-0.25, -0.2) is 9.59 Å². The molecule has 30 heavy (non-hydrogen) atoms. The van der Waals surface area contributed by atoms with Gasteiger partial charge in [-0.1, -0.05) is 6.92 Å². The van der Waals surface area contributed by atoms with E-state index in [2.05, 4.69) is 10.3 Å². The summed E-state index contributed by atoms with van der Waals surface area (Å²) in [6.07, 6.45) is 0.475. The first kappa shape index (κ1) is 21.5. The summed E-state index contributed by atoms with van der Waals surface area (Å²) >= 11 is 0. The maximum absolute atomic E-state index is 12.7. The van der Waals surface area contributed by atoms with Gasteiger partial charge in [0, 0.05) is 17.4 Å². The molecule has 1 aliphatic rings. The highest BCUT2D eigenvalue weighted by Crippen LogP contribution is 2.34. The number of anilines is 1. The number of hydrogen-bond donors (Lipinski definition) is 2. The van der Waals surface area contributed by atoms with Gasteiger partial charge in [0.1, 0.15) is 11.3 Å². The van der Waals surface area contributed by atoms with Crippen LogP contribution in [-0.4, -0.2) is 35.9 Å². The minimum Gasteiger partial charge on any atom is -0.462 e. The van der Waals surface area contributed by atoms with Crippen LogP contribution in [0.5, 0.6) is 11.5 Å². The number of ether oxygens (including phenoxy) is 4. The number of aromatic amines is 1. The Balaban J connectivity index is 1.91. The quantitative estimate of drug-likeness (QED) is 0.657. The average Bonchev–Trinajstić information content (AvgIpc) is 3.28. The van der Waals surface area contributed by atoms with E-state index in [-0.39, 0.29) is 25.6 Å².